The van der Waals surface area contributed by atoms with Gasteiger partial charge in [-0.25, -0.2) is 0 Å². The minimum atomic E-state index is -0.126. The van der Waals surface area contributed by atoms with Gasteiger partial charge in [-0.1, -0.05) is 24.3 Å². The van der Waals surface area contributed by atoms with E-state index in [0.717, 1.165) is 28.8 Å². The summed E-state index contributed by atoms with van der Waals surface area (Å²) < 4.78 is 12.8. The molecule has 0 bridgehead atoms. The highest BCUT2D eigenvalue weighted by Crippen LogP contribution is 2.31. The summed E-state index contributed by atoms with van der Waals surface area (Å²) in [5.41, 5.74) is 4.44. The Bertz CT molecular complexity index is 801. The van der Waals surface area contributed by atoms with Crippen LogP contribution in [0.15, 0.2) is 24.3 Å². The number of hydrogen-bond acceptors (Lipinski definition) is 5. The summed E-state index contributed by atoms with van der Waals surface area (Å²) in [6.07, 6.45) is 1.33. The Morgan fingerprint density at radius 2 is 2.04 bits per heavy atom. The van der Waals surface area contributed by atoms with Gasteiger partial charge in [0.1, 0.15) is 5.69 Å². The van der Waals surface area contributed by atoms with Crippen LogP contribution in [0.2, 0.25) is 0 Å². The molecule has 152 valence electrons. The molecule has 2 aromatic rings. The number of carbonyl (C=O) groups excluding carboxylic acids is 1. The molecule has 1 aliphatic rings. The van der Waals surface area contributed by atoms with Crippen molar-refractivity contribution in [1.29, 1.82) is 0 Å². The predicted molar refractivity (Wildman–Crippen MR) is 105 cm³/mol. The van der Waals surface area contributed by atoms with Gasteiger partial charge in [-0.05, 0) is 31.4 Å². The Balaban J connectivity index is 1.72. The maximum absolute atomic E-state index is 13.0. The molecule has 1 aromatic carbocycles. The van der Waals surface area contributed by atoms with Crippen molar-refractivity contribution in [2.24, 2.45) is 0 Å². The lowest BCUT2D eigenvalue weighted by molar-refractivity contribution is -0.00716. The van der Waals surface area contributed by atoms with Crippen LogP contribution in [0.5, 0.6) is 0 Å². The number of nitrogens with one attached hydrogen (secondary N) is 1. The van der Waals surface area contributed by atoms with Crippen LogP contribution < -0.4 is 5.32 Å². The smallest absolute Gasteiger partial charge is 0.269 e. The Morgan fingerprint density at radius 3 is 2.71 bits per heavy atom. The maximum Gasteiger partial charge on any atom is 0.269 e. The zero-order chi connectivity index (χ0) is 20.1. The minimum Gasteiger partial charge on any atom is -0.392 e. The second kappa shape index (κ2) is 9.32. The highest BCUT2D eigenvalue weighted by molar-refractivity contribution is 5.94. The number of hydrogen-bond donors (Lipinski definition) is 2. The number of ether oxygens (including phenoxy) is 2. The minimum absolute atomic E-state index is 0.0359. The molecule has 7 heteroatoms. The van der Waals surface area contributed by atoms with Crippen molar-refractivity contribution in [3.8, 4) is 0 Å². The fourth-order valence-electron chi connectivity index (χ4n) is 3.60. The van der Waals surface area contributed by atoms with E-state index in [1.54, 1.807) is 11.8 Å². The molecule has 0 spiro atoms. The SMILES string of the molecule is COCCn1nc2c(c1C(=O)NCCc1ccc(CO)cc1)C[C@H](C)O[C@@H]2C. The molecule has 1 aliphatic heterocycles. The van der Waals surface area contributed by atoms with Crippen molar-refractivity contribution >= 4 is 5.91 Å². The first-order valence-electron chi connectivity index (χ1n) is 9.74. The van der Waals surface area contributed by atoms with Gasteiger partial charge in [-0.3, -0.25) is 9.48 Å². The van der Waals surface area contributed by atoms with Crippen LogP contribution in [0.25, 0.3) is 0 Å². The van der Waals surface area contributed by atoms with Crippen LogP contribution in [0.4, 0.5) is 0 Å². The van der Waals surface area contributed by atoms with Crippen molar-refractivity contribution in [3.63, 3.8) is 0 Å². The summed E-state index contributed by atoms with van der Waals surface area (Å²) in [5, 5.41) is 16.8. The van der Waals surface area contributed by atoms with E-state index < -0.39 is 0 Å². The molecule has 28 heavy (non-hydrogen) atoms. The largest absolute Gasteiger partial charge is 0.392 e. The average Bonchev–Trinajstić information content (AvgIpc) is 3.05. The second-order valence-corrected chi connectivity index (χ2v) is 7.20. The summed E-state index contributed by atoms with van der Waals surface area (Å²) >= 11 is 0. The van der Waals surface area contributed by atoms with Crippen LogP contribution in [0.3, 0.4) is 0 Å². The number of benzene rings is 1. The molecule has 0 aliphatic carbocycles. The summed E-state index contributed by atoms with van der Waals surface area (Å²) in [6.45, 7) is 5.57. The van der Waals surface area contributed by atoms with Crippen molar-refractivity contribution in [3.05, 3.63) is 52.3 Å². The van der Waals surface area contributed by atoms with Crippen molar-refractivity contribution < 1.29 is 19.4 Å². The van der Waals surface area contributed by atoms with Gasteiger partial charge in [0.15, 0.2) is 0 Å². The number of carbonyl (C=O) groups is 1. The Morgan fingerprint density at radius 1 is 1.32 bits per heavy atom. The lowest BCUT2D eigenvalue weighted by Gasteiger charge is -2.24. The van der Waals surface area contributed by atoms with Crippen molar-refractivity contribution in [2.75, 3.05) is 20.3 Å². The summed E-state index contributed by atoms with van der Waals surface area (Å²) in [7, 11) is 1.64. The third-order valence-corrected chi connectivity index (χ3v) is 5.02. The van der Waals surface area contributed by atoms with Crippen LogP contribution in [0, 0.1) is 0 Å². The lowest BCUT2D eigenvalue weighted by Crippen LogP contribution is -2.30. The van der Waals surface area contributed by atoms with E-state index in [1.165, 1.54) is 0 Å². The first kappa shape index (κ1) is 20.5. The maximum atomic E-state index is 13.0. The average molecular weight is 387 g/mol. The molecule has 0 radical (unpaired) electrons. The number of rotatable bonds is 8. The van der Waals surface area contributed by atoms with E-state index in [2.05, 4.69) is 10.4 Å². The summed E-state index contributed by atoms with van der Waals surface area (Å²) in [4.78, 5) is 13.0. The molecule has 2 heterocycles. The number of nitrogens with zero attached hydrogens (tertiary/aromatic N) is 2. The van der Waals surface area contributed by atoms with Gasteiger partial charge in [-0.2, -0.15) is 5.10 Å². The fraction of sp³-hybridized carbons (Fsp3) is 0.524. The molecule has 3 rings (SSSR count). The van der Waals surface area contributed by atoms with E-state index in [4.69, 9.17) is 14.6 Å². The molecule has 1 aromatic heterocycles. The molecular formula is C21H29N3O4. The number of aromatic nitrogens is 2. The molecule has 0 saturated heterocycles. The van der Waals surface area contributed by atoms with E-state index in [1.807, 2.05) is 38.1 Å². The van der Waals surface area contributed by atoms with Gasteiger partial charge in [0.05, 0.1) is 37.7 Å². The molecule has 0 unspecified atom stereocenters. The highest BCUT2D eigenvalue weighted by atomic mass is 16.5. The Labute approximate surface area is 165 Å². The third-order valence-electron chi connectivity index (χ3n) is 5.02. The number of aliphatic hydroxyl groups excluding tert-OH is 1. The van der Waals surface area contributed by atoms with Gasteiger partial charge in [-0.15, -0.1) is 0 Å². The molecule has 2 N–H and O–H groups in total. The van der Waals surface area contributed by atoms with Gasteiger partial charge < -0.3 is 19.9 Å². The van der Waals surface area contributed by atoms with Gasteiger partial charge in [0.2, 0.25) is 0 Å². The Kier molecular flexibility index (Phi) is 6.83. The van der Waals surface area contributed by atoms with E-state index >= 15 is 0 Å². The molecular weight excluding hydrogens is 358 g/mol. The van der Waals surface area contributed by atoms with Gasteiger partial charge in [0.25, 0.3) is 5.91 Å². The lowest BCUT2D eigenvalue weighted by atomic mass is 9.99. The third kappa shape index (κ3) is 4.60. The zero-order valence-electron chi connectivity index (χ0n) is 16.8. The number of aliphatic hydroxyl groups is 1. The van der Waals surface area contributed by atoms with E-state index in [0.29, 0.717) is 31.8 Å². The number of fused-ring (bicyclic) bond motifs is 1. The zero-order valence-corrected chi connectivity index (χ0v) is 16.8. The molecule has 2 atom stereocenters. The van der Waals surface area contributed by atoms with Crippen LogP contribution in [-0.2, 0) is 35.5 Å². The normalized spacial score (nSPS) is 18.7. The topological polar surface area (TPSA) is 85.6 Å². The molecule has 0 saturated carbocycles. The molecule has 7 nitrogen and oxygen atoms in total. The second-order valence-electron chi connectivity index (χ2n) is 7.20. The van der Waals surface area contributed by atoms with E-state index in [9.17, 15) is 4.79 Å². The number of methoxy groups -OCH3 is 1. The van der Waals surface area contributed by atoms with Crippen LogP contribution in [-0.4, -0.2) is 47.2 Å². The van der Waals surface area contributed by atoms with Crippen LogP contribution in [0.1, 0.15) is 52.8 Å². The highest BCUT2D eigenvalue weighted by Gasteiger charge is 2.31. The predicted octanol–water partition coefficient (Wildman–Crippen LogP) is 2.02. The molecule has 1 amide bonds. The van der Waals surface area contributed by atoms with E-state index in [-0.39, 0.29) is 24.7 Å². The van der Waals surface area contributed by atoms with Crippen molar-refractivity contribution in [2.45, 2.75) is 52.0 Å². The quantitative estimate of drug-likeness (QED) is 0.724. The summed E-state index contributed by atoms with van der Waals surface area (Å²) in [6, 6.07) is 7.75. The van der Waals surface area contributed by atoms with Crippen molar-refractivity contribution in [1.82, 2.24) is 15.1 Å². The van der Waals surface area contributed by atoms with Gasteiger partial charge in [0, 0.05) is 25.6 Å². The molecule has 0 fully saturated rings. The Hall–Kier alpha value is -2.22. The number of amides is 1. The summed E-state index contributed by atoms with van der Waals surface area (Å²) in [5.74, 6) is -0.113. The monoisotopic (exact) mass is 387 g/mol. The van der Waals surface area contributed by atoms with Crippen LogP contribution >= 0.6 is 0 Å². The van der Waals surface area contributed by atoms with Gasteiger partial charge >= 0.3 is 0 Å². The first-order chi connectivity index (χ1) is 13.5. The first-order valence-corrected chi connectivity index (χ1v) is 9.74. The standard InChI is InChI=1S/C21H29N3O4/c1-14-12-18-19(15(2)28-14)23-24(10-11-27-3)20(18)21(26)22-9-8-16-4-6-17(13-25)7-5-16/h4-7,14-15,25H,8-13H2,1-3H3,(H,22,26)/t14-,15+/m0/s1. The fourth-order valence-corrected chi connectivity index (χ4v) is 3.60.